The third-order valence-electron chi connectivity index (χ3n) is 3.80. The van der Waals surface area contributed by atoms with Crippen LogP contribution < -0.4 is 5.32 Å². The summed E-state index contributed by atoms with van der Waals surface area (Å²) in [7, 11) is 0. The van der Waals surface area contributed by atoms with Crippen LogP contribution in [0.5, 0.6) is 0 Å². The summed E-state index contributed by atoms with van der Waals surface area (Å²) in [6.07, 6.45) is 3.65. The number of carbonyl (C=O) groups is 2. The number of anilines is 1. The molecule has 0 bridgehead atoms. The van der Waals surface area contributed by atoms with Crippen LogP contribution in [0.4, 0.5) is 5.69 Å². The summed E-state index contributed by atoms with van der Waals surface area (Å²) in [5.41, 5.74) is 1.16. The molecule has 2 rings (SSSR count). The van der Waals surface area contributed by atoms with Crippen molar-refractivity contribution in [2.75, 3.05) is 11.9 Å². The molecule has 5 nitrogen and oxygen atoms in total. The van der Waals surface area contributed by atoms with Crippen LogP contribution in [0, 0.1) is 5.92 Å². The summed E-state index contributed by atoms with van der Waals surface area (Å²) in [5.74, 6) is -1.07. The van der Waals surface area contributed by atoms with Crippen molar-refractivity contribution in [3.63, 3.8) is 0 Å². The molecule has 0 heterocycles. The third kappa shape index (κ3) is 4.21. The van der Waals surface area contributed by atoms with Crippen molar-refractivity contribution in [2.24, 2.45) is 5.92 Å². The number of hydrogen-bond donors (Lipinski definition) is 2. The summed E-state index contributed by atoms with van der Waals surface area (Å²) >= 11 is 0. The van der Waals surface area contributed by atoms with Gasteiger partial charge in [-0.05, 0) is 50.5 Å². The number of hydrogen-bond acceptors (Lipinski definition) is 4. The lowest BCUT2D eigenvalue weighted by atomic mass is 9.85. The molecule has 0 spiro atoms. The fourth-order valence-corrected chi connectivity index (χ4v) is 2.74. The molecule has 0 amide bonds. The molecule has 0 radical (unpaired) electrons. The highest BCUT2D eigenvalue weighted by Gasteiger charge is 2.28. The zero-order valence-electron chi connectivity index (χ0n) is 12.2. The number of esters is 1. The molecule has 0 saturated heterocycles. The van der Waals surface area contributed by atoms with E-state index in [1.54, 1.807) is 24.3 Å². The second-order valence-corrected chi connectivity index (χ2v) is 5.34. The first kappa shape index (κ1) is 15.4. The Bertz CT molecular complexity index is 498. The van der Waals surface area contributed by atoms with Crippen molar-refractivity contribution in [3.8, 4) is 0 Å². The lowest BCUT2D eigenvalue weighted by molar-refractivity contribution is -0.149. The van der Waals surface area contributed by atoms with Crippen molar-refractivity contribution in [1.82, 2.24) is 0 Å². The molecule has 21 heavy (non-hydrogen) atoms. The number of aromatic carboxylic acids is 1. The maximum absolute atomic E-state index is 11.8. The summed E-state index contributed by atoms with van der Waals surface area (Å²) in [6.45, 7) is 2.24. The fourth-order valence-electron chi connectivity index (χ4n) is 2.74. The van der Waals surface area contributed by atoms with Gasteiger partial charge in [-0.1, -0.05) is 6.42 Å². The van der Waals surface area contributed by atoms with E-state index in [-0.39, 0.29) is 23.5 Å². The molecule has 1 saturated carbocycles. The summed E-state index contributed by atoms with van der Waals surface area (Å²) in [5, 5.41) is 12.2. The summed E-state index contributed by atoms with van der Waals surface area (Å²) in [6, 6.07) is 6.91. The van der Waals surface area contributed by atoms with Crippen LogP contribution in [0.3, 0.4) is 0 Å². The minimum absolute atomic E-state index is 0.0329. The highest BCUT2D eigenvalue weighted by atomic mass is 16.5. The molecule has 2 unspecified atom stereocenters. The Kier molecular flexibility index (Phi) is 5.20. The Balaban J connectivity index is 1.93. The predicted octanol–water partition coefficient (Wildman–Crippen LogP) is 2.92. The van der Waals surface area contributed by atoms with Crippen LogP contribution in [0.25, 0.3) is 0 Å². The molecule has 114 valence electrons. The number of carboxylic acids is 1. The Morgan fingerprint density at radius 2 is 2.00 bits per heavy atom. The van der Waals surface area contributed by atoms with E-state index in [1.807, 2.05) is 6.92 Å². The first-order valence-electron chi connectivity index (χ1n) is 7.36. The van der Waals surface area contributed by atoms with Crippen molar-refractivity contribution in [1.29, 1.82) is 0 Å². The normalized spacial score (nSPS) is 21.6. The Morgan fingerprint density at radius 3 is 2.62 bits per heavy atom. The monoisotopic (exact) mass is 291 g/mol. The van der Waals surface area contributed by atoms with Gasteiger partial charge in [0.25, 0.3) is 0 Å². The summed E-state index contributed by atoms with van der Waals surface area (Å²) < 4.78 is 5.09. The molecule has 1 fully saturated rings. The van der Waals surface area contributed by atoms with Crippen LogP contribution in [-0.2, 0) is 9.53 Å². The van der Waals surface area contributed by atoms with E-state index >= 15 is 0 Å². The molecule has 1 aromatic carbocycles. The van der Waals surface area contributed by atoms with E-state index in [4.69, 9.17) is 9.84 Å². The van der Waals surface area contributed by atoms with Crippen LogP contribution >= 0.6 is 0 Å². The topological polar surface area (TPSA) is 75.6 Å². The highest BCUT2D eigenvalue weighted by molar-refractivity contribution is 5.88. The molecule has 1 aromatic rings. The lowest BCUT2D eigenvalue weighted by Crippen LogP contribution is -2.32. The van der Waals surface area contributed by atoms with Gasteiger partial charge in [-0.15, -0.1) is 0 Å². The zero-order valence-corrected chi connectivity index (χ0v) is 12.2. The van der Waals surface area contributed by atoms with Crippen LogP contribution in [0.15, 0.2) is 24.3 Å². The zero-order chi connectivity index (χ0) is 15.2. The van der Waals surface area contributed by atoms with Gasteiger partial charge in [0.05, 0.1) is 18.1 Å². The Hall–Kier alpha value is -2.04. The Labute approximate surface area is 124 Å². The number of rotatable bonds is 5. The van der Waals surface area contributed by atoms with E-state index < -0.39 is 5.97 Å². The smallest absolute Gasteiger partial charge is 0.335 e. The quantitative estimate of drug-likeness (QED) is 0.816. The summed E-state index contributed by atoms with van der Waals surface area (Å²) in [4.78, 5) is 22.6. The molecule has 2 atom stereocenters. The molecule has 0 aliphatic heterocycles. The van der Waals surface area contributed by atoms with E-state index in [2.05, 4.69) is 5.32 Å². The van der Waals surface area contributed by atoms with Gasteiger partial charge < -0.3 is 15.2 Å². The molecule has 1 aliphatic carbocycles. The maximum Gasteiger partial charge on any atom is 0.335 e. The first-order chi connectivity index (χ1) is 10.1. The third-order valence-corrected chi connectivity index (χ3v) is 3.80. The number of carboxylic acid groups (broad SMARTS) is 1. The van der Waals surface area contributed by atoms with Crippen molar-refractivity contribution >= 4 is 17.6 Å². The van der Waals surface area contributed by atoms with E-state index in [1.165, 1.54) is 0 Å². The molecule has 0 aromatic heterocycles. The number of carbonyl (C=O) groups excluding carboxylic acids is 1. The highest BCUT2D eigenvalue weighted by Crippen LogP contribution is 2.27. The average molecular weight is 291 g/mol. The van der Waals surface area contributed by atoms with Gasteiger partial charge in [0.2, 0.25) is 0 Å². The van der Waals surface area contributed by atoms with Gasteiger partial charge in [0, 0.05) is 11.7 Å². The van der Waals surface area contributed by atoms with Gasteiger partial charge >= 0.3 is 11.9 Å². The van der Waals surface area contributed by atoms with Crippen LogP contribution in [-0.4, -0.2) is 29.7 Å². The van der Waals surface area contributed by atoms with Crippen molar-refractivity contribution in [2.45, 2.75) is 38.6 Å². The standard InChI is InChI=1S/C16H21NO4/c1-2-21-16(20)12-4-3-5-14(10-12)17-13-8-6-11(7-9-13)15(18)19/h6-9,12,14,17H,2-5,10H2,1H3,(H,18,19). The first-order valence-corrected chi connectivity index (χ1v) is 7.36. The second-order valence-electron chi connectivity index (χ2n) is 5.34. The van der Waals surface area contributed by atoms with Gasteiger partial charge in [0.15, 0.2) is 0 Å². The largest absolute Gasteiger partial charge is 0.478 e. The minimum Gasteiger partial charge on any atom is -0.478 e. The van der Waals surface area contributed by atoms with Gasteiger partial charge in [-0.25, -0.2) is 4.79 Å². The predicted molar refractivity (Wildman–Crippen MR) is 79.4 cm³/mol. The average Bonchev–Trinajstić information content (AvgIpc) is 2.48. The van der Waals surface area contributed by atoms with E-state index in [9.17, 15) is 9.59 Å². The second kappa shape index (κ2) is 7.11. The molecule has 1 aliphatic rings. The Morgan fingerprint density at radius 1 is 1.29 bits per heavy atom. The van der Waals surface area contributed by atoms with Gasteiger partial charge in [0.1, 0.15) is 0 Å². The van der Waals surface area contributed by atoms with Crippen LogP contribution in [0.1, 0.15) is 43.0 Å². The minimum atomic E-state index is -0.929. The number of benzene rings is 1. The molecule has 5 heteroatoms. The lowest BCUT2D eigenvalue weighted by Gasteiger charge is -2.29. The van der Waals surface area contributed by atoms with Gasteiger partial charge in [-0.2, -0.15) is 0 Å². The van der Waals surface area contributed by atoms with Crippen molar-refractivity contribution < 1.29 is 19.4 Å². The number of nitrogens with one attached hydrogen (secondary N) is 1. The van der Waals surface area contributed by atoms with Crippen molar-refractivity contribution in [3.05, 3.63) is 29.8 Å². The maximum atomic E-state index is 11.8. The molecule has 2 N–H and O–H groups in total. The van der Waals surface area contributed by atoms with E-state index in [0.29, 0.717) is 6.61 Å². The SMILES string of the molecule is CCOC(=O)C1CCCC(Nc2ccc(C(=O)O)cc2)C1. The molecular weight excluding hydrogens is 270 g/mol. The van der Waals surface area contributed by atoms with E-state index in [0.717, 1.165) is 31.4 Å². The van der Waals surface area contributed by atoms with Crippen LogP contribution in [0.2, 0.25) is 0 Å². The fraction of sp³-hybridized carbons (Fsp3) is 0.500. The molecular formula is C16H21NO4. The number of ether oxygens (including phenoxy) is 1. The van der Waals surface area contributed by atoms with Gasteiger partial charge in [-0.3, -0.25) is 4.79 Å².